The highest BCUT2D eigenvalue weighted by Gasteiger charge is 2.09. The van der Waals surface area contributed by atoms with Crippen molar-refractivity contribution in [1.29, 1.82) is 0 Å². The summed E-state index contributed by atoms with van der Waals surface area (Å²) in [4.78, 5) is 15.3. The quantitative estimate of drug-likeness (QED) is 0.614. The van der Waals surface area contributed by atoms with Gasteiger partial charge in [0.1, 0.15) is 5.82 Å². The van der Waals surface area contributed by atoms with Gasteiger partial charge >= 0.3 is 0 Å². The molecule has 86 valence electrons. The van der Waals surface area contributed by atoms with E-state index in [1.807, 2.05) is 0 Å². The molecular weight excluding hydrogens is 221 g/mol. The third-order valence-corrected chi connectivity index (χ3v) is 2.16. The van der Waals surface area contributed by atoms with E-state index in [9.17, 15) is 9.18 Å². The summed E-state index contributed by atoms with van der Waals surface area (Å²) in [5, 5.41) is 2.47. The van der Waals surface area contributed by atoms with Crippen molar-refractivity contribution < 1.29 is 9.18 Å². The highest BCUT2D eigenvalue weighted by atomic mass is 19.1. The number of carbonyl (C=O) groups excluding carboxylic acids is 1. The molecule has 0 radical (unpaired) electrons. The van der Waals surface area contributed by atoms with Gasteiger partial charge in [-0.05, 0) is 24.3 Å². The van der Waals surface area contributed by atoms with E-state index in [1.54, 1.807) is 24.3 Å². The molecule has 0 saturated heterocycles. The number of nitrogens with two attached hydrogens (primary N) is 1. The van der Waals surface area contributed by atoms with Gasteiger partial charge in [-0.3, -0.25) is 4.79 Å². The van der Waals surface area contributed by atoms with Crippen molar-refractivity contribution >= 4 is 17.4 Å². The number of rotatable bonds is 2. The third kappa shape index (κ3) is 2.57. The smallest absolute Gasteiger partial charge is 0.258 e. The predicted molar refractivity (Wildman–Crippen MR) is 63.0 cm³/mol. The van der Waals surface area contributed by atoms with Crippen LogP contribution in [0.3, 0.4) is 0 Å². The van der Waals surface area contributed by atoms with Crippen LogP contribution in [0.15, 0.2) is 42.5 Å². The molecule has 3 N–H and O–H groups in total. The van der Waals surface area contributed by atoms with E-state index in [-0.39, 0.29) is 5.82 Å². The number of nitrogen functional groups attached to an aromatic ring is 1. The van der Waals surface area contributed by atoms with Crippen LogP contribution < -0.4 is 11.1 Å². The monoisotopic (exact) mass is 231 g/mol. The van der Waals surface area contributed by atoms with Crippen LogP contribution in [0.25, 0.3) is 0 Å². The van der Waals surface area contributed by atoms with Gasteiger partial charge in [0, 0.05) is 5.69 Å². The zero-order chi connectivity index (χ0) is 12.3. The summed E-state index contributed by atoms with van der Waals surface area (Å²) in [7, 11) is 0. The second kappa shape index (κ2) is 4.61. The van der Waals surface area contributed by atoms with Gasteiger partial charge in [-0.1, -0.05) is 18.2 Å². The number of nitrogens with one attached hydrogen (secondary N) is 1. The Labute approximate surface area is 97.3 Å². The van der Waals surface area contributed by atoms with Crippen LogP contribution in [0.4, 0.5) is 15.9 Å². The maximum absolute atomic E-state index is 12.8. The van der Waals surface area contributed by atoms with Gasteiger partial charge in [-0.2, -0.15) is 4.39 Å². The molecule has 17 heavy (non-hydrogen) atoms. The van der Waals surface area contributed by atoms with Crippen molar-refractivity contribution in [2.24, 2.45) is 0 Å². The van der Waals surface area contributed by atoms with Crippen LogP contribution in [0.5, 0.6) is 0 Å². The number of hydrogen-bond acceptors (Lipinski definition) is 3. The Morgan fingerprint density at radius 2 is 1.94 bits per heavy atom. The Balaban J connectivity index is 2.20. The summed E-state index contributed by atoms with van der Waals surface area (Å²) in [6.07, 6.45) is 0. The fourth-order valence-electron chi connectivity index (χ4n) is 1.37. The lowest BCUT2D eigenvalue weighted by Gasteiger charge is -2.06. The average molecular weight is 231 g/mol. The minimum atomic E-state index is -0.649. The number of hydrogen-bond donors (Lipinski definition) is 2. The van der Waals surface area contributed by atoms with E-state index in [2.05, 4.69) is 10.3 Å². The molecule has 0 bridgehead atoms. The number of carbonyl (C=O) groups is 1. The van der Waals surface area contributed by atoms with E-state index in [0.29, 0.717) is 11.3 Å². The zero-order valence-corrected chi connectivity index (χ0v) is 8.85. The molecule has 1 aromatic heterocycles. The largest absolute Gasteiger partial charge is 0.398 e. The van der Waals surface area contributed by atoms with Crippen molar-refractivity contribution in [2.45, 2.75) is 0 Å². The summed E-state index contributed by atoms with van der Waals surface area (Å²) < 4.78 is 12.8. The van der Waals surface area contributed by atoms with Crippen molar-refractivity contribution in [3.63, 3.8) is 0 Å². The number of amides is 1. The SMILES string of the molecule is Nc1ccccc1C(=O)Nc1cccc(F)n1. The predicted octanol–water partition coefficient (Wildman–Crippen LogP) is 2.06. The molecule has 1 aromatic carbocycles. The Hall–Kier alpha value is -2.43. The number of anilines is 2. The molecule has 0 unspecified atom stereocenters. The number of nitrogens with zero attached hydrogens (tertiary/aromatic N) is 1. The maximum atomic E-state index is 12.8. The minimum absolute atomic E-state index is 0.151. The summed E-state index contributed by atoms with van der Waals surface area (Å²) >= 11 is 0. The highest BCUT2D eigenvalue weighted by Crippen LogP contribution is 2.13. The topological polar surface area (TPSA) is 68.0 Å². The first-order valence-electron chi connectivity index (χ1n) is 4.95. The molecule has 4 nitrogen and oxygen atoms in total. The lowest BCUT2D eigenvalue weighted by molar-refractivity contribution is 0.102. The first-order valence-corrected chi connectivity index (χ1v) is 4.95. The van der Waals surface area contributed by atoms with Crippen molar-refractivity contribution in [1.82, 2.24) is 4.98 Å². The molecule has 1 heterocycles. The average Bonchev–Trinajstić information content (AvgIpc) is 2.29. The summed E-state index contributed by atoms with van der Waals surface area (Å²) in [6.45, 7) is 0. The Bertz CT molecular complexity index is 557. The lowest BCUT2D eigenvalue weighted by atomic mass is 10.1. The summed E-state index contributed by atoms with van der Waals surface area (Å²) in [5.41, 5.74) is 6.34. The van der Waals surface area contributed by atoms with Crippen molar-refractivity contribution in [3.8, 4) is 0 Å². The standard InChI is InChI=1S/C12H10FN3O/c13-10-6-3-7-11(15-10)16-12(17)8-4-1-2-5-9(8)14/h1-7H,14H2,(H,15,16,17). The molecule has 0 aliphatic heterocycles. The summed E-state index contributed by atoms with van der Waals surface area (Å²) in [6, 6.07) is 10.8. The second-order valence-corrected chi connectivity index (χ2v) is 3.39. The zero-order valence-electron chi connectivity index (χ0n) is 8.85. The van der Waals surface area contributed by atoms with Gasteiger partial charge in [0.05, 0.1) is 5.56 Å². The Morgan fingerprint density at radius 1 is 1.18 bits per heavy atom. The molecule has 0 aliphatic carbocycles. The van der Waals surface area contributed by atoms with Crippen LogP contribution in [0, 0.1) is 5.95 Å². The third-order valence-electron chi connectivity index (χ3n) is 2.16. The fraction of sp³-hybridized carbons (Fsp3) is 0. The molecule has 0 spiro atoms. The van der Waals surface area contributed by atoms with Crippen molar-refractivity contribution in [3.05, 3.63) is 54.0 Å². The molecule has 0 atom stereocenters. The van der Waals surface area contributed by atoms with Crippen LogP contribution >= 0.6 is 0 Å². The maximum Gasteiger partial charge on any atom is 0.258 e. The van der Waals surface area contributed by atoms with Gasteiger partial charge in [0.15, 0.2) is 0 Å². The van der Waals surface area contributed by atoms with Gasteiger partial charge in [0.2, 0.25) is 5.95 Å². The lowest BCUT2D eigenvalue weighted by Crippen LogP contribution is -2.14. The summed E-state index contributed by atoms with van der Waals surface area (Å²) in [5.74, 6) is -0.914. The molecule has 0 fully saturated rings. The molecule has 2 rings (SSSR count). The molecule has 2 aromatic rings. The van der Waals surface area contributed by atoms with Crippen LogP contribution in [0.2, 0.25) is 0 Å². The minimum Gasteiger partial charge on any atom is -0.398 e. The van der Waals surface area contributed by atoms with Crippen LogP contribution in [-0.4, -0.2) is 10.9 Å². The second-order valence-electron chi connectivity index (χ2n) is 3.39. The number of benzene rings is 1. The van der Waals surface area contributed by atoms with E-state index in [4.69, 9.17) is 5.73 Å². The normalized spacial score (nSPS) is 9.94. The van der Waals surface area contributed by atoms with Gasteiger partial charge in [0.25, 0.3) is 5.91 Å². The fourth-order valence-corrected chi connectivity index (χ4v) is 1.37. The number of halogens is 1. The highest BCUT2D eigenvalue weighted by molar-refractivity contribution is 6.07. The van der Waals surface area contributed by atoms with E-state index in [1.165, 1.54) is 18.2 Å². The van der Waals surface area contributed by atoms with E-state index >= 15 is 0 Å². The first-order chi connectivity index (χ1) is 8.16. The van der Waals surface area contributed by atoms with Crippen LogP contribution in [-0.2, 0) is 0 Å². The van der Waals surface area contributed by atoms with Crippen LogP contribution in [0.1, 0.15) is 10.4 Å². The van der Waals surface area contributed by atoms with Gasteiger partial charge in [-0.25, -0.2) is 4.98 Å². The number of para-hydroxylation sites is 1. The molecule has 0 saturated carbocycles. The molecule has 5 heteroatoms. The van der Waals surface area contributed by atoms with E-state index in [0.717, 1.165) is 0 Å². The number of aromatic nitrogens is 1. The number of pyridine rings is 1. The van der Waals surface area contributed by atoms with Gasteiger partial charge in [-0.15, -0.1) is 0 Å². The molecule has 0 aliphatic rings. The molecular formula is C12H10FN3O. The Kier molecular flexibility index (Phi) is 3.00. The molecule has 1 amide bonds. The van der Waals surface area contributed by atoms with Crippen molar-refractivity contribution in [2.75, 3.05) is 11.1 Å². The van der Waals surface area contributed by atoms with Gasteiger partial charge < -0.3 is 11.1 Å². The van der Waals surface area contributed by atoms with E-state index < -0.39 is 11.9 Å². The first kappa shape index (κ1) is 11.1. The Morgan fingerprint density at radius 3 is 2.65 bits per heavy atom.